The fourth-order valence-corrected chi connectivity index (χ4v) is 2.58. The number of amides is 1. The van der Waals surface area contributed by atoms with Crippen LogP contribution in [0.1, 0.15) is 19.4 Å². The molecule has 1 amide bonds. The number of nitrogens with one attached hydrogen (secondary N) is 1. The van der Waals surface area contributed by atoms with Crippen molar-refractivity contribution in [3.05, 3.63) is 29.8 Å². The lowest BCUT2D eigenvalue weighted by molar-refractivity contribution is -0.120. The van der Waals surface area contributed by atoms with Crippen molar-refractivity contribution in [3.63, 3.8) is 0 Å². The summed E-state index contributed by atoms with van der Waals surface area (Å²) in [6, 6.07) is 7.89. The first-order valence-corrected chi connectivity index (χ1v) is 7.62. The van der Waals surface area contributed by atoms with E-state index in [1.807, 2.05) is 45.0 Å². The molecule has 112 valence electrons. The van der Waals surface area contributed by atoms with Crippen LogP contribution in [-0.2, 0) is 4.79 Å². The van der Waals surface area contributed by atoms with Gasteiger partial charge in [-0.25, -0.2) is 4.68 Å². The number of rotatable bonds is 5. The van der Waals surface area contributed by atoms with Crippen LogP contribution in [0.2, 0.25) is 0 Å². The zero-order valence-corrected chi connectivity index (χ0v) is 13.1. The Hall–Kier alpha value is -2.02. The van der Waals surface area contributed by atoms with Gasteiger partial charge in [-0.1, -0.05) is 41.6 Å². The molecule has 0 saturated heterocycles. The summed E-state index contributed by atoms with van der Waals surface area (Å²) in [5, 5.41) is 11.2. The predicted molar refractivity (Wildman–Crippen MR) is 84.3 cm³/mol. The molecule has 1 atom stereocenters. The van der Waals surface area contributed by atoms with Crippen molar-refractivity contribution in [1.82, 2.24) is 20.2 Å². The van der Waals surface area contributed by atoms with E-state index < -0.39 is 0 Å². The first-order valence-electron chi connectivity index (χ1n) is 6.74. The molecular weight excluding hydrogens is 286 g/mol. The molecule has 0 saturated carbocycles. The van der Waals surface area contributed by atoms with Gasteiger partial charge in [0.2, 0.25) is 11.1 Å². The minimum absolute atomic E-state index is 0.0395. The largest absolute Gasteiger partial charge is 0.355 e. The van der Waals surface area contributed by atoms with E-state index in [4.69, 9.17) is 5.84 Å². The summed E-state index contributed by atoms with van der Waals surface area (Å²) in [7, 11) is 0. The molecule has 2 aromatic rings. The van der Waals surface area contributed by atoms with Gasteiger partial charge in [-0.05, 0) is 20.8 Å². The van der Waals surface area contributed by atoms with E-state index >= 15 is 0 Å². The fourth-order valence-electron chi connectivity index (χ4n) is 1.79. The number of aromatic nitrogens is 3. The Morgan fingerprint density at radius 1 is 1.38 bits per heavy atom. The van der Waals surface area contributed by atoms with Gasteiger partial charge in [0.15, 0.2) is 5.82 Å². The van der Waals surface area contributed by atoms with Gasteiger partial charge >= 0.3 is 0 Å². The summed E-state index contributed by atoms with van der Waals surface area (Å²) in [4.78, 5) is 11.7. The van der Waals surface area contributed by atoms with Gasteiger partial charge in [-0.2, -0.15) is 0 Å². The van der Waals surface area contributed by atoms with Crippen molar-refractivity contribution in [2.75, 3.05) is 12.4 Å². The summed E-state index contributed by atoms with van der Waals surface area (Å²) in [6.45, 7) is 6.33. The molecule has 1 heterocycles. The summed E-state index contributed by atoms with van der Waals surface area (Å²) < 4.78 is 1.42. The highest BCUT2D eigenvalue weighted by Gasteiger charge is 2.19. The molecule has 2 rings (SSSR count). The lowest BCUT2D eigenvalue weighted by Gasteiger charge is -2.10. The third-order valence-electron chi connectivity index (χ3n) is 2.98. The van der Waals surface area contributed by atoms with Gasteiger partial charge in [0, 0.05) is 12.1 Å². The molecule has 0 aliphatic rings. The fraction of sp³-hybridized carbons (Fsp3) is 0.357. The van der Waals surface area contributed by atoms with Gasteiger partial charge in [0.1, 0.15) is 0 Å². The molecule has 0 aliphatic heterocycles. The summed E-state index contributed by atoms with van der Waals surface area (Å²) in [6.07, 6.45) is 0. The highest BCUT2D eigenvalue weighted by Crippen LogP contribution is 2.24. The second kappa shape index (κ2) is 6.62. The minimum Gasteiger partial charge on any atom is -0.355 e. The molecule has 0 aliphatic carbocycles. The number of carbonyl (C=O) groups is 1. The first-order chi connectivity index (χ1) is 10.0. The summed E-state index contributed by atoms with van der Waals surface area (Å²) >= 11 is 1.29. The molecule has 0 unspecified atom stereocenters. The number of carbonyl (C=O) groups excluding carboxylic acids is 1. The monoisotopic (exact) mass is 305 g/mol. The first kappa shape index (κ1) is 15.4. The maximum absolute atomic E-state index is 11.7. The van der Waals surface area contributed by atoms with Gasteiger partial charge in [0.25, 0.3) is 0 Å². The van der Waals surface area contributed by atoms with Gasteiger partial charge < -0.3 is 11.2 Å². The van der Waals surface area contributed by atoms with Crippen LogP contribution in [0.3, 0.4) is 0 Å². The lowest BCUT2D eigenvalue weighted by atomic mass is 10.1. The molecule has 0 radical (unpaired) electrons. The van der Waals surface area contributed by atoms with E-state index in [0.717, 1.165) is 5.56 Å². The SMILES string of the molecule is CCNC(=O)[C@@H](C)Sc1nnc(-c2ccc(C)cc2)n1N. The number of thioether (sulfide) groups is 1. The van der Waals surface area contributed by atoms with Crippen molar-refractivity contribution < 1.29 is 4.79 Å². The van der Waals surface area contributed by atoms with Gasteiger partial charge in [-0.3, -0.25) is 4.79 Å². The Labute approximate surface area is 128 Å². The molecule has 1 aromatic carbocycles. The molecule has 1 aromatic heterocycles. The van der Waals surface area contributed by atoms with Crippen LogP contribution in [0.4, 0.5) is 0 Å². The van der Waals surface area contributed by atoms with Crippen molar-refractivity contribution in [3.8, 4) is 11.4 Å². The Bertz CT molecular complexity index is 623. The van der Waals surface area contributed by atoms with E-state index in [-0.39, 0.29) is 11.2 Å². The van der Waals surface area contributed by atoms with Gasteiger partial charge in [-0.15, -0.1) is 10.2 Å². The lowest BCUT2D eigenvalue weighted by Crippen LogP contribution is -2.31. The standard InChI is InChI=1S/C14H19N5OS/c1-4-16-13(20)10(3)21-14-18-17-12(19(14)15)11-7-5-9(2)6-8-11/h5-8,10H,4,15H2,1-3H3,(H,16,20)/t10-/m1/s1. The maximum Gasteiger partial charge on any atom is 0.233 e. The van der Waals surface area contributed by atoms with Crippen molar-refractivity contribution in [2.24, 2.45) is 0 Å². The second-order valence-corrected chi connectivity index (χ2v) is 6.00. The van der Waals surface area contributed by atoms with E-state index in [9.17, 15) is 4.79 Å². The number of aryl methyl sites for hydroxylation is 1. The minimum atomic E-state index is -0.276. The van der Waals surface area contributed by atoms with E-state index in [0.29, 0.717) is 17.5 Å². The van der Waals surface area contributed by atoms with Crippen molar-refractivity contribution in [1.29, 1.82) is 0 Å². The Balaban J connectivity index is 2.17. The zero-order valence-electron chi connectivity index (χ0n) is 12.3. The number of hydrogen-bond acceptors (Lipinski definition) is 5. The summed E-state index contributed by atoms with van der Waals surface area (Å²) in [5.74, 6) is 6.58. The molecule has 0 bridgehead atoms. The Morgan fingerprint density at radius 3 is 2.67 bits per heavy atom. The molecule has 0 fully saturated rings. The number of nitrogen functional groups attached to an aromatic ring is 1. The molecular formula is C14H19N5OS. The van der Waals surface area contributed by atoms with Crippen LogP contribution in [0.5, 0.6) is 0 Å². The molecule has 7 heteroatoms. The molecule has 21 heavy (non-hydrogen) atoms. The number of nitrogens with zero attached hydrogens (tertiary/aromatic N) is 3. The zero-order chi connectivity index (χ0) is 15.4. The summed E-state index contributed by atoms with van der Waals surface area (Å²) in [5.41, 5.74) is 2.06. The van der Waals surface area contributed by atoms with Crippen molar-refractivity contribution in [2.45, 2.75) is 31.2 Å². The smallest absolute Gasteiger partial charge is 0.233 e. The highest BCUT2D eigenvalue weighted by molar-refractivity contribution is 8.00. The highest BCUT2D eigenvalue weighted by atomic mass is 32.2. The van der Waals surface area contributed by atoms with Crippen LogP contribution in [-0.4, -0.2) is 32.6 Å². The van der Waals surface area contributed by atoms with E-state index in [1.54, 1.807) is 0 Å². The predicted octanol–water partition coefficient (Wildman–Crippen LogP) is 1.58. The third-order valence-corrected chi connectivity index (χ3v) is 4.03. The van der Waals surface area contributed by atoms with Gasteiger partial charge in [0.05, 0.1) is 5.25 Å². The average molecular weight is 305 g/mol. The molecule has 0 spiro atoms. The Kier molecular flexibility index (Phi) is 4.85. The van der Waals surface area contributed by atoms with E-state index in [1.165, 1.54) is 22.0 Å². The van der Waals surface area contributed by atoms with E-state index in [2.05, 4.69) is 15.5 Å². The van der Waals surface area contributed by atoms with Crippen LogP contribution in [0.15, 0.2) is 29.4 Å². The van der Waals surface area contributed by atoms with Crippen LogP contribution < -0.4 is 11.2 Å². The Morgan fingerprint density at radius 2 is 2.05 bits per heavy atom. The van der Waals surface area contributed by atoms with Crippen molar-refractivity contribution >= 4 is 17.7 Å². The number of hydrogen-bond donors (Lipinski definition) is 2. The quantitative estimate of drug-likeness (QED) is 0.647. The molecule has 6 nitrogen and oxygen atoms in total. The third kappa shape index (κ3) is 3.55. The van der Waals surface area contributed by atoms with Crippen LogP contribution in [0.25, 0.3) is 11.4 Å². The topological polar surface area (TPSA) is 85.8 Å². The average Bonchev–Trinajstić information content (AvgIpc) is 2.81. The normalized spacial score (nSPS) is 12.1. The molecule has 3 N–H and O–H groups in total. The number of benzene rings is 1. The van der Waals surface area contributed by atoms with Crippen LogP contribution >= 0.6 is 11.8 Å². The number of nitrogens with two attached hydrogens (primary N) is 1. The maximum atomic E-state index is 11.7. The second-order valence-electron chi connectivity index (χ2n) is 4.70. The van der Waals surface area contributed by atoms with Crippen LogP contribution in [0, 0.1) is 6.92 Å².